The number of ketones is 1. The maximum Gasteiger partial charge on any atom is 0.132 e. The van der Waals surface area contributed by atoms with Crippen molar-refractivity contribution in [3.8, 4) is 11.1 Å². The van der Waals surface area contributed by atoms with E-state index in [4.69, 9.17) is 0 Å². The van der Waals surface area contributed by atoms with Crippen LogP contribution in [-0.4, -0.2) is 5.78 Å². The molecule has 0 saturated heterocycles. The first-order chi connectivity index (χ1) is 9.60. The molecule has 0 amide bonds. The van der Waals surface area contributed by atoms with Gasteiger partial charge >= 0.3 is 0 Å². The van der Waals surface area contributed by atoms with Crippen LogP contribution in [0.5, 0.6) is 0 Å². The van der Waals surface area contributed by atoms with Gasteiger partial charge in [0.1, 0.15) is 5.78 Å². The first kappa shape index (κ1) is 16.2. The molecule has 0 fully saturated rings. The minimum absolute atomic E-state index is 0.343. The second kappa shape index (κ2) is 8.31. The van der Waals surface area contributed by atoms with Crippen LogP contribution < -0.4 is 0 Å². The Balaban J connectivity index is 0.000000286. The van der Waals surface area contributed by atoms with E-state index in [1.807, 2.05) is 13.8 Å². The van der Waals surface area contributed by atoms with Crippen molar-refractivity contribution in [3.63, 3.8) is 0 Å². The molecule has 0 radical (unpaired) electrons. The molecular weight excluding hydrogens is 244 g/mol. The van der Waals surface area contributed by atoms with E-state index in [0.717, 1.165) is 0 Å². The van der Waals surface area contributed by atoms with Gasteiger partial charge in [-0.1, -0.05) is 62.4 Å². The molecule has 0 bridgehead atoms. The fourth-order valence-electron chi connectivity index (χ4n) is 1.93. The predicted octanol–water partition coefficient (Wildman–Crippen LogP) is 5.35. The standard InChI is InChI=1S/C14H14.C5H10O/c1-11-7-6-10-14(12(11)2)13-8-4-3-5-9-13;1-3-5(6)4-2/h3-10H,1-2H3;3-4H2,1-2H3. The average molecular weight is 268 g/mol. The molecule has 0 aromatic heterocycles. The monoisotopic (exact) mass is 268 g/mol. The Morgan fingerprint density at radius 2 is 1.45 bits per heavy atom. The van der Waals surface area contributed by atoms with Crippen LogP contribution in [0.3, 0.4) is 0 Å². The third-order valence-corrected chi connectivity index (χ3v) is 3.48. The van der Waals surface area contributed by atoms with Gasteiger partial charge in [-0.25, -0.2) is 0 Å². The largest absolute Gasteiger partial charge is 0.300 e. The van der Waals surface area contributed by atoms with E-state index in [-0.39, 0.29) is 0 Å². The van der Waals surface area contributed by atoms with Crippen molar-refractivity contribution in [2.75, 3.05) is 0 Å². The number of carbonyl (C=O) groups excluding carboxylic acids is 1. The minimum atomic E-state index is 0.343. The molecule has 0 atom stereocenters. The van der Waals surface area contributed by atoms with Crippen molar-refractivity contribution in [3.05, 3.63) is 59.7 Å². The Morgan fingerprint density at radius 1 is 0.850 bits per heavy atom. The quantitative estimate of drug-likeness (QED) is 0.733. The van der Waals surface area contributed by atoms with Gasteiger partial charge in [-0.2, -0.15) is 0 Å². The van der Waals surface area contributed by atoms with E-state index in [2.05, 4.69) is 62.4 Å². The van der Waals surface area contributed by atoms with Gasteiger partial charge in [-0.15, -0.1) is 0 Å². The molecule has 0 heterocycles. The molecule has 0 unspecified atom stereocenters. The molecule has 2 aromatic rings. The van der Waals surface area contributed by atoms with Crippen molar-refractivity contribution >= 4 is 5.78 Å². The average Bonchev–Trinajstić information content (AvgIpc) is 2.50. The van der Waals surface area contributed by atoms with E-state index < -0.39 is 0 Å². The summed E-state index contributed by atoms with van der Waals surface area (Å²) in [6.07, 6.45) is 1.38. The molecule has 0 N–H and O–H groups in total. The van der Waals surface area contributed by atoms with Gasteiger partial charge in [0.15, 0.2) is 0 Å². The molecule has 0 spiro atoms. The summed E-state index contributed by atoms with van der Waals surface area (Å²) in [6.45, 7) is 8.09. The Morgan fingerprint density at radius 3 is 1.95 bits per heavy atom. The van der Waals surface area contributed by atoms with E-state index in [1.165, 1.54) is 22.3 Å². The van der Waals surface area contributed by atoms with Crippen LogP contribution in [0.25, 0.3) is 11.1 Å². The van der Waals surface area contributed by atoms with Crippen LogP contribution in [0.2, 0.25) is 0 Å². The number of hydrogen-bond donors (Lipinski definition) is 0. The molecule has 20 heavy (non-hydrogen) atoms. The smallest absolute Gasteiger partial charge is 0.132 e. The van der Waals surface area contributed by atoms with Gasteiger partial charge in [0.25, 0.3) is 0 Å². The first-order valence-corrected chi connectivity index (χ1v) is 7.23. The maximum absolute atomic E-state index is 10.2. The molecule has 2 rings (SSSR count). The highest BCUT2D eigenvalue weighted by Crippen LogP contribution is 2.24. The Labute approximate surface area is 122 Å². The Hall–Kier alpha value is -1.89. The third kappa shape index (κ3) is 4.65. The van der Waals surface area contributed by atoms with Crippen LogP contribution >= 0.6 is 0 Å². The molecular formula is C19H24O. The van der Waals surface area contributed by atoms with Gasteiger partial charge in [0, 0.05) is 12.8 Å². The zero-order chi connectivity index (χ0) is 15.0. The number of benzene rings is 2. The van der Waals surface area contributed by atoms with Gasteiger partial charge in [0.2, 0.25) is 0 Å². The highest BCUT2D eigenvalue weighted by molar-refractivity contribution is 5.77. The van der Waals surface area contributed by atoms with Crippen LogP contribution in [0.4, 0.5) is 0 Å². The maximum atomic E-state index is 10.2. The summed E-state index contributed by atoms with van der Waals surface area (Å²) in [5.74, 6) is 0.343. The second-order valence-corrected chi connectivity index (χ2v) is 4.86. The summed E-state index contributed by atoms with van der Waals surface area (Å²) in [4.78, 5) is 10.2. The van der Waals surface area contributed by atoms with Gasteiger partial charge in [-0.05, 0) is 36.1 Å². The number of Topliss-reactive ketones (excluding diaryl/α,β-unsaturated/α-hetero) is 1. The Bertz CT molecular complexity index is 535. The lowest BCUT2D eigenvalue weighted by molar-refractivity contribution is -0.118. The molecule has 0 aliphatic heterocycles. The third-order valence-electron chi connectivity index (χ3n) is 3.48. The molecule has 2 aromatic carbocycles. The summed E-state index contributed by atoms with van der Waals surface area (Å²) in [7, 11) is 0. The molecule has 0 saturated carbocycles. The minimum Gasteiger partial charge on any atom is -0.300 e. The highest BCUT2D eigenvalue weighted by atomic mass is 16.1. The van der Waals surface area contributed by atoms with Gasteiger partial charge in [0.05, 0.1) is 0 Å². The van der Waals surface area contributed by atoms with Crippen LogP contribution in [-0.2, 0) is 4.79 Å². The molecule has 106 valence electrons. The van der Waals surface area contributed by atoms with Crippen molar-refractivity contribution in [2.45, 2.75) is 40.5 Å². The van der Waals surface area contributed by atoms with Crippen molar-refractivity contribution < 1.29 is 4.79 Å². The lowest BCUT2D eigenvalue weighted by Crippen LogP contribution is -1.88. The predicted molar refractivity (Wildman–Crippen MR) is 86.9 cm³/mol. The van der Waals surface area contributed by atoms with E-state index in [9.17, 15) is 4.79 Å². The van der Waals surface area contributed by atoms with Gasteiger partial charge < -0.3 is 0 Å². The zero-order valence-electron chi connectivity index (χ0n) is 12.9. The first-order valence-electron chi connectivity index (χ1n) is 7.23. The van der Waals surface area contributed by atoms with Crippen molar-refractivity contribution in [1.29, 1.82) is 0 Å². The fourth-order valence-corrected chi connectivity index (χ4v) is 1.93. The van der Waals surface area contributed by atoms with Gasteiger partial charge in [-0.3, -0.25) is 4.79 Å². The van der Waals surface area contributed by atoms with Crippen molar-refractivity contribution in [2.24, 2.45) is 0 Å². The highest BCUT2D eigenvalue weighted by Gasteiger charge is 2.01. The summed E-state index contributed by atoms with van der Waals surface area (Å²) in [6, 6.07) is 17.0. The molecule has 0 aliphatic rings. The molecule has 1 nitrogen and oxygen atoms in total. The summed E-state index contributed by atoms with van der Waals surface area (Å²) >= 11 is 0. The number of rotatable bonds is 3. The van der Waals surface area contributed by atoms with E-state index in [1.54, 1.807) is 0 Å². The van der Waals surface area contributed by atoms with Crippen LogP contribution in [0.1, 0.15) is 37.8 Å². The summed E-state index contributed by atoms with van der Waals surface area (Å²) < 4.78 is 0. The van der Waals surface area contributed by atoms with Crippen LogP contribution in [0.15, 0.2) is 48.5 Å². The number of aryl methyl sites for hydroxylation is 1. The Kier molecular flexibility index (Phi) is 6.72. The van der Waals surface area contributed by atoms with E-state index in [0.29, 0.717) is 18.6 Å². The van der Waals surface area contributed by atoms with Crippen molar-refractivity contribution in [1.82, 2.24) is 0 Å². The second-order valence-electron chi connectivity index (χ2n) is 4.86. The van der Waals surface area contributed by atoms with E-state index >= 15 is 0 Å². The lowest BCUT2D eigenvalue weighted by atomic mass is 9.97. The summed E-state index contributed by atoms with van der Waals surface area (Å²) in [5, 5.41) is 0. The summed E-state index contributed by atoms with van der Waals surface area (Å²) in [5.41, 5.74) is 5.37. The number of hydrogen-bond acceptors (Lipinski definition) is 1. The topological polar surface area (TPSA) is 17.1 Å². The molecule has 0 aliphatic carbocycles. The fraction of sp³-hybridized carbons (Fsp3) is 0.316. The molecule has 1 heteroatoms. The number of carbonyl (C=O) groups is 1. The SMILES string of the molecule is CCC(=O)CC.Cc1cccc(-c2ccccc2)c1C. The lowest BCUT2D eigenvalue weighted by Gasteiger charge is -2.07. The van der Waals surface area contributed by atoms with Crippen LogP contribution in [0, 0.1) is 13.8 Å². The zero-order valence-corrected chi connectivity index (χ0v) is 12.9. The normalized spacial score (nSPS) is 9.60.